The number of carbonyl (C=O) groups is 2. The van der Waals surface area contributed by atoms with Crippen molar-refractivity contribution in [2.45, 2.75) is 26.4 Å². The molecule has 1 aliphatic heterocycles. The molecule has 1 N–H and O–H groups in total. The Hall–Kier alpha value is -4.00. The summed E-state index contributed by atoms with van der Waals surface area (Å²) in [6.07, 6.45) is 1.56. The van der Waals surface area contributed by atoms with E-state index < -0.39 is 23.5 Å². The van der Waals surface area contributed by atoms with Crippen LogP contribution >= 0.6 is 0 Å². The van der Waals surface area contributed by atoms with E-state index in [4.69, 9.17) is 4.74 Å². The third-order valence-corrected chi connectivity index (χ3v) is 5.52. The van der Waals surface area contributed by atoms with E-state index in [9.17, 15) is 19.1 Å². The van der Waals surface area contributed by atoms with Crippen molar-refractivity contribution in [1.29, 1.82) is 0 Å². The van der Waals surface area contributed by atoms with Gasteiger partial charge in [-0.25, -0.2) is 4.39 Å². The number of aliphatic hydroxyl groups is 1. The summed E-state index contributed by atoms with van der Waals surface area (Å²) >= 11 is 0. The van der Waals surface area contributed by atoms with E-state index in [1.165, 1.54) is 17.0 Å². The number of benzene rings is 2. The summed E-state index contributed by atoms with van der Waals surface area (Å²) in [5, 5.41) is 11.2. The van der Waals surface area contributed by atoms with Crippen LogP contribution in [0.3, 0.4) is 0 Å². The van der Waals surface area contributed by atoms with Crippen LogP contribution in [0.4, 0.5) is 4.39 Å². The highest BCUT2D eigenvalue weighted by molar-refractivity contribution is 6.46. The number of ether oxygens (including phenoxy) is 1. The van der Waals surface area contributed by atoms with Crippen molar-refractivity contribution < 1.29 is 23.8 Å². The molecule has 2 heterocycles. The van der Waals surface area contributed by atoms with Gasteiger partial charge in [0.15, 0.2) is 0 Å². The normalized spacial score (nSPS) is 17.4. The van der Waals surface area contributed by atoms with Crippen molar-refractivity contribution in [3.8, 4) is 5.75 Å². The molecule has 0 saturated carbocycles. The van der Waals surface area contributed by atoms with Crippen molar-refractivity contribution >= 4 is 17.4 Å². The van der Waals surface area contributed by atoms with Gasteiger partial charge in [-0.15, -0.1) is 0 Å². The van der Waals surface area contributed by atoms with E-state index in [1.807, 2.05) is 13.8 Å². The van der Waals surface area contributed by atoms with Gasteiger partial charge in [-0.3, -0.25) is 14.6 Å². The zero-order chi connectivity index (χ0) is 23.5. The molecule has 4 rings (SSSR count). The molecule has 1 amide bonds. The van der Waals surface area contributed by atoms with Crippen LogP contribution in [-0.4, -0.2) is 33.3 Å². The standard InChI is InChI=1S/C26H23FN2O4/c1-3-33-21-12-9-18(14-16(21)2)24(30)22-23(20-6-4-5-13-28-20)29(26(32)25(22)31)15-17-7-10-19(27)11-8-17/h4-14,23,30H,3,15H2,1-2H3/b24-22-. The van der Waals surface area contributed by atoms with Crippen LogP contribution in [0.15, 0.2) is 72.4 Å². The lowest BCUT2D eigenvalue weighted by Crippen LogP contribution is -2.29. The molecule has 0 bridgehead atoms. The number of aryl methyl sites for hydroxylation is 1. The maximum atomic E-state index is 13.4. The van der Waals surface area contributed by atoms with Crippen LogP contribution in [0.25, 0.3) is 5.76 Å². The third-order valence-electron chi connectivity index (χ3n) is 5.52. The highest BCUT2D eigenvalue weighted by Gasteiger charge is 2.46. The monoisotopic (exact) mass is 446 g/mol. The summed E-state index contributed by atoms with van der Waals surface area (Å²) in [4.78, 5) is 31.8. The quantitative estimate of drug-likeness (QED) is 0.341. The molecule has 2 aromatic carbocycles. The number of likely N-dealkylation sites (tertiary alicyclic amines) is 1. The molecule has 7 heteroatoms. The van der Waals surface area contributed by atoms with Crippen molar-refractivity contribution in [3.05, 3.63) is 101 Å². The highest BCUT2D eigenvalue weighted by Crippen LogP contribution is 2.40. The maximum absolute atomic E-state index is 13.4. The first-order chi connectivity index (χ1) is 15.9. The van der Waals surface area contributed by atoms with Crippen molar-refractivity contribution in [3.63, 3.8) is 0 Å². The average Bonchev–Trinajstić information content (AvgIpc) is 3.07. The zero-order valence-electron chi connectivity index (χ0n) is 18.3. The molecule has 1 atom stereocenters. The number of nitrogens with zero attached hydrogens (tertiary/aromatic N) is 2. The van der Waals surface area contributed by atoms with E-state index in [2.05, 4.69) is 4.98 Å². The molecule has 1 aromatic heterocycles. The molecule has 1 saturated heterocycles. The highest BCUT2D eigenvalue weighted by atomic mass is 19.1. The van der Waals surface area contributed by atoms with Crippen LogP contribution in [0.1, 0.15) is 35.3 Å². The molecule has 1 aliphatic rings. The van der Waals surface area contributed by atoms with E-state index >= 15 is 0 Å². The second-order valence-corrected chi connectivity index (χ2v) is 7.72. The largest absolute Gasteiger partial charge is 0.507 e. The number of aliphatic hydroxyl groups excluding tert-OH is 1. The van der Waals surface area contributed by atoms with Crippen LogP contribution < -0.4 is 4.74 Å². The van der Waals surface area contributed by atoms with Crippen LogP contribution in [0.5, 0.6) is 5.75 Å². The minimum atomic E-state index is -0.886. The first-order valence-electron chi connectivity index (χ1n) is 10.6. The summed E-state index contributed by atoms with van der Waals surface area (Å²) in [6.45, 7) is 4.28. The molecule has 3 aromatic rings. The Kier molecular flexibility index (Phi) is 6.22. The number of pyridine rings is 1. The topological polar surface area (TPSA) is 79.7 Å². The molecule has 0 spiro atoms. The zero-order valence-corrected chi connectivity index (χ0v) is 18.3. The van der Waals surface area contributed by atoms with Gasteiger partial charge in [0.05, 0.1) is 17.9 Å². The van der Waals surface area contributed by atoms with E-state index in [-0.39, 0.29) is 17.9 Å². The fraction of sp³-hybridized carbons (Fsp3) is 0.192. The summed E-state index contributed by atoms with van der Waals surface area (Å²) in [7, 11) is 0. The Morgan fingerprint density at radius 2 is 1.88 bits per heavy atom. The van der Waals surface area contributed by atoms with Gasteiger partial charge in [-0.2, -0.15) is 0 Å². The predicted molar refractivity (Wildman–Crippen MR) is 121 cm³/mol. The number of halogens is 1. The van der Waals surface area contributed by atoms with Gasteiger partial charge in [-0.05, 0) is 67.4 Å². The summed E-state index contributed by atoms with van der Waals surface area (Å²) in [5.74, 6) is -1.55. The number of amides is 1. The maximum Gasteiger partial charge on any atom is 0.296 e. The van der Waals surface area contributed by atoms with Gasteiger partial charge in [0.2, 0.25) is 0 Å². The fourth-order valence-corrected chi connectivity index (χ4v) is 3.94. The smallest absolute Gasteiger partial charge is 0.296 e. The molecule has 0 radical (unpaired) electrons. The summed E-state index contributed by atoms with van der Waals surface area (Å²) in [5.41, 5.74) is 2.25. The Morgan fingerprint density at radius 1 is 1.12 bits per heavy atom. The Bertz CT molecular complexity index is 1220. The van der Waals surface area contributed by atoms with E-state index in [1.54, 1.807) is 54.7 Å². The molecule has 1 unspecified atom stereocenters. The molecule has 0 aliphatic carbocycles. The van der Waals surface area contributed by atoms with Gasteiger partial charge in [-0.1, -0.05) is 18.2 Å². The number of rotatable bonds is 6. The second kappa shape index (κ2) is 9.24. The Balaban J connectivity index is 1.81. The lowest BCUT2D eigenvalue weighted by Gasteiger charge is -2.24. The summed E-state index contributed by atoms with van der Waals surface area (Å²) < 4.78 is 18.9. The fourth-order valence-electron chi connectivity index (χ4n) is 3.94. The van der Waals surface area contributed by atoms with Crippen molar-refractivity contribution in [1.82, 2.24) is 9.88 Å². The van der Waals surface area contributed by atoms with Crippen LogP contribution in [-0.2, 0) is 16.1 Å². The number of Topliss-reactive ketones (excluding diaryl/α,β-unsaturated/α-hetero) is 1. The van der Waals surface area contributed by atoms with Crippen molar-refractivity contribution in [2.75, 3.05) is 6.61 Å². The minimum Gasteiger partial charge on any atom is -0.507 e. The van der Waals surface area contributed by atoms with Crippen LogP contribution in [0.2, 0.25) is 0 Å². The van der Waals surface area contributed by atoms with Gasteiger partial charge >= 0.3 is 0 Å². The van der Waals surface area contributed by atoms with Gasteiger partial charge in [0.25, 0.3) is 11.7 Å². The van der Waals surface area contributed by atoms with Gasteiger partial charge < -0.3 is 14.7 Å². The number of aromatic nitrogens is 1. The SMILES string of the molecule is CCOc1ccc(/C(O)=C2/C(=O)C(=O)N(Cc3ccc(F)cc3)C2c2ccccn2)cc1C. The Morgan fingerprint density at radius 3 is 2.52 bits per heavy atom. The van der Waals surface area contributed by atoms with E-state index in [0.29, 0.717) is 29.2 Å². The third kappa shape index (κ3) is 4.35. The van der Waals surface area contributed by atoms with Crippen LogP contribution in [0, 0.1) is 12.7 Å². The number of hydrogen-bond acceptors (Lipinski definition) is 5. The van der Waals surface area contributed by atoms with Gasteiger partial charge in [0, 0.05) is 18.3 Å². The minimum absolute atomic E-state index is 0.0376. The molecule has 33 heavy (non-hydrogen) atoms. The number of hydrogen-bond donors (Lipinski definition) is 1. The number of ketones is 1. The van der Waals surface area contributed by atoms with Gasteiger partial charge in [0.1, 0.15) is 23.4 Å². The average molecular weight is 446 g/mol. The molecule has 168 valence electrons. The Labute approximate surface area is 191 Å². The first-order valence-corrected chi connectivity index (χ1v) is 10.6. The molecular formula is C26H23FN2O4. The molecular weight excluding hydrogens is 423 g/mol. The number of carbonyl (C=O) groups excluding carboxylic acids is 2. The van der Waals surface area contributed by atoms with E-state index in [0.717, 1.165) is 5.56 Å². The lowest BCUT2D eigenvalue weighted by molar-refractivity contribution is -0.140. The van der Waals surface area contributed by atoms with Crippen molar-refractivity contribution in [2.24, 2.45) is 0 Å². The summed E-state index contributed by atoms with van der Waals surface area (Å²) in [6, 6.07) is 15.1. The predicted octanol–water partition coefficient (Wildman–Crippen LogP) is 4.55. The molecule has 6 nitrogen and oxygen atoms in total. The molecule has 1 fully saturated rings. The first kappa shape index (κ1) is 22.2. The lowest BCUT2D eigenvalue weighted by atomic mass is 9.97. The second-order valence-electron chi connectivity index (χ2n) is 7.72.